The fourth-order valence-corrected chi connectivity index (χ4v) is 6.33. The Morgan fingerprint density at radius 3 is 1.64 bits per heavy atom. The van der Waals surface area contributed by atoms with E-state index in [9.17, 15) is 28.7 Å². The minimum absolute atomic E-state index is 0.00812. The van der Waals surface area contributed by atoms with Crippen LogP contribution in [0.15, 0.2) is 48.6 Å². The monoisotopic (exact) mass is 539 g/mol. The van der Waals surface area contributed by atoms with Gasteiger partial charge in [-0.2, -0.15) is 0 Å². The number of fused-ring (bicyclic) bond motifs is 2. The van der Waals surface area contributed by atoms with E-state index in [0.717, 1.165) is 0 Å². The Morgan fingerprint density at radius 1 is 0.833 bits per heavy atom. The van der Waals surface area contributed by atoms with Crippen molar-refractivity contribution in [2.45, 2.75) is 39.2 Å². The molecule has 0 saturated heterocycles. The third-order valence-corrected chi connectivity index (χ3v) is 8.59. The number of halogens is 2. The van der Waals surface area contributed by atoms with Crippen LogP contribution in [-0.4, -0.2) is 37.9 Å². The van der Waals surface area contributed by atoms with Gasteiger partial charge in [0.05, 0.1) is 18.4 Å². The zero-order chi connectivity index (χ0) is 26.5. The molecule has 36 heavy (non-hydrogen) atoms. The van der Waals surface area contributed by atoms with E-state index in [2.05, 4.69) is 0 Å². The van der Waals surface area contributed by atoms with Crippen LogP contribution in [0.25, 0.3) is 0 Å². The van der Waals surface area contributed by atoms with Crippen LogP contribution in [0.4, 0.5) is 20.2 Å². The van der Waals surface area contributed by atoms with Crippen molar-refractivity contribution < 1.29 is 37.5 Å². The second kappa shape index (κ2) is 9.64. The predicted octanol–water partition coefficient (Wildman–Crippen LogP) is 5.24. The number of nitrogens with zero attached hydrogens (tertiary/aromatic N) is 1. The van der Waals surface area contributed by atoms with Crippen LogP contribution in [0, 0.1) is 30.9 Å². The summed E-state index contributed by atoms with van der Waals surface area (Å²) in [7, 11) is -8.69. The fraction of sp³-hybridized carbons (Fsp3) is 0.360. The summed E-state index contributed by atoms with van der Waals surface area (Å²) in [5.41, 5.74) is 1.87. The Balaban J connectivity index is 1.75. The normalized spacial score (nSPS) is 17.3. The molecule has 194 valence electrons. The number of allylic oxidation sites excluding steroid dienone is 2. The molecule has 4 N–H and O–H groups in total. The van der Waals surface area contributed by atoms with Crippen molar-refractivity contribution in [1.29, 1.82) is 0 Å². The third-order valence-electron chi connectivity index (χ3n) is 6.98. The standard InChI is InChI=1S/C25H29F2NO6P2/c1-16-3-5-21-19(23(16)26)15-20-22(6-4-17(2)24(20)27)28(21)18-7-9-25(10-8-18,11-13-35(29,30)31)12-14-36(32,33)34/h3-10,18H,11-15H2,1-2H3,(H2,29,30,31)(H2,32,33,34). The number of benzene rings is 2. The summed E-state index contributed by atoms with van der Waals surface area (Å²) in [5.74, 6) is -0.795. The molecule has 2 aromatic rings. The lowest BCUT2D eigenvalue weighted by atomic mass is 9.78. The van der Waals surface area contributed by atoms with Crippen LogP contribution >= 0.6 is 15.2 Å². The van der Waals surface area contributed by atoms with Crippen LogP contribution in [0.5, 0.6) is 0 Å². The van der Waals surface area contributed by atoms with Crippen LogP contribution < -0.4 is 4.90 Å². The molecule has 1 heterocycles. The lowest BCUT2D eigenvalue weighted by Crippen LogP contribution is -2.35. The van der Waals surface area contributed by atoms with E-state index >= 15 is 8.78 Å². The van der Waals surface area contributed by atoms with Gasteiger partial charge in [0.15, 0.2) is 0 Å². The molecule has 0 bridgehead atoms. The predicted molar refractivity (Wildman–Crippen MR) is 135 cm³/mol. The Bertz CT molecular complexity index is 1250. The van der Waals surface area contributed by atoms with Gasteiger partial charge in [-0.05, 0) is 49.9 Å². The summed E-state index contributed by atoms with van der Waals surface area (Å²) in [6.45, 7) is 3.30. The maximum Gasteiger partial charge on any atom is 0.325 e. The second-order valence-electron chi connectivity index (χ2n) is 9.65. The molecule has 0 amide bonds. The van der Waals surface area contributed by atoms with Gasteiger partial charge in [0.1, 0.15) is 11.6 Å². The Morgan fingerprint density at radius 2 is 1.25 bits per heavy atom. The number of anilines is 2. The number of hydrogen-bond acceptors (Lipinski definition) is 3. The van der Waals surface area contributed by atoms with E-state index in [4.69, 9.17) is 0 Å². The largest absolute Gasteiger partial charge is 0.330 e. The highest BCUT2D eigenvalue weighted by atomic mass is 31.2. The van der Waals surface area contributed by atoms with E-state index in [1.54, 1.807) is 62.4 Å². The van der Waals surface area contributed by atoms with E-state index < -0.39 is 50.6 Å². The smallest absolute Gasteiger partial charge is 0.325 e. The molecule has 0 atom stereocenters. The van der Waals surface area contributed by atoms with Gasteiger partial charge in [0.25, 0.3) is 0 Å². The number of aryl methyl sites for hydroxylation is 2. The molecule has 11 heteroatoms. The summed E-state index contributed by atoms with van der Waals surface area (Å²) in [6, 6.07) is 6.43. The molecule has 0 fully saturated rings. The topological polar surface area (TPSA) is 118 Å². The molecule has 2 aliphatic rings. The lowest BCUT2D eigenvalue weighted by Gasteiger charge is -2.40. The SMILES string of the molecule is Cc1ccc2c(c1F)Cc1c(ccc(C)c1F)N2C1C=CC(CCP(=O)(O)O)(CCP(=O)(O)O)C=C1. The first kappa shape index (κ1) is 26.9. The summed E-state index contributed by atoms with van der Waals surface area (Å²) >= 11 is 0. The van der Waals surface area contributed by atoms with Crippen molar-refractivity contribution in [1.82, 2.24) is 0 Å². The quantitative estimate of drug-likeness (QED) is 0.281. The zero-order valence-corrected chi connectivity index (χ0v) is 21.7. The molecule has 7 nitrogen and oxygen atoms in total. The maximum absolute atomic E-state index is 15.2. The summed E-state index contributed by atoms with van der Waals surface area (Å²) in [6.07, 6.45) is 6.11. The van der Waals surface area contributed by atoms with Crippen LogP contribution in [-0.2, 0) is 15.6 Å². The van der Waals surface area contributed by atoms with Crippen LogP contribution in [0.3, 0.4) is 0 Å². The minimum Gasteiger partial charge on any atom is -0.330 e. The molecule has 2 aromatic carbocycles. The fourth-order valence-electron chi connectivity index (χ4n) is 4.91. The van der Waals surface area contributed by atoms with E-state index in [0.29, 0.717) is 33.6 Å². The molecule has 0 unspecified atom stereocenters. The second-order valence-corrected chi connectivity index (χ2v) is 13.2. The molecule has 0 saturated carbocycles. The van der Waals surface area contributed by atoms with E-state index in [-0.39, 0.29) is 19.3 Å². The van der Waals surface area contributed by atoms with Gasteiger partial charge in [0.2, 0.25) is 0 Å². The first-order valence-corrected chi connectivity index (χ1v) is 15.1. The molecular formula is C25H29F2NO6P2. The van der Waals surface area contributed by atoms with Crippen molar-refractivity contribution in [2.75, 3.05) is 17.2 Å². The number of hydrogen-bond donors (Lipinski definition) is 4. The average molecular weight is 539 g/mol. The highest BCUT2D eigenvalue weighted by Gasteiger charge is 2.36. The Kier molecular flexibility index (Phi) is 7.21. The summed E-state index contributed by atoms with van der Waals surface area (Å²) in [5, 5.41) is 0. The highest BCUT2D eigenvalue weighted by Crippen LogP contribution is 2.48. The molecule has 0 radical (unpaired) electrons. The van der Waals surface area contributed by atoms with Gasteiger partial charge in [0, 0.05) is 34.3 Å². The van der Waals surface area contributed by atoms with Gasteiger partial charge in [-0.3, -0.25) is 9.13 Å². The molecule has 0 aromatic heterocycles. The molecule has 0 spiro atoms. The summed E-state index contributed by atoms with van der Waals surface area (Å²) in [4.78, 5) is 39.4. The maximum atomic E-state index is 15.2. The van der Waals surface area contributed by atoms with E-state index in [1.165, 1.54) is 0 Å². The van der Waals surface area contributed by atoms with Crippen molar-refractivity contribution in [2.24, 2.45) is 5.41 Å². The number of rotatable bonds is 7. The molecule has 1 aliphatic heterocycles. The van der Waals surface area contributed by atoms with Crippen molar-refractivity contribution >= 4 is 26.6 Å². The van der Waals surface area contributed by atoms with Crippen LogP contribution in [0.2, 0.25) is 0 Å². The summed E-state index contributed by atoms with van der Waals surface area (Å²) < 4.78 is 53.4. The Labute approximate surface area is 208 Å². The first-order valence-electron chi connectivity index (χ1n) is 11.5. The van der Waals surface area contributed by atoms with Crippen LogP contribution in [0.1, 0.15) is 35.1 Å². The van der Waals surface area contributed by atoms with Gasteiger partial charge in [-0.1, -0.05) is 36.4 Å². The Hall–Kier alpha value is -2.12. The zero-order valence-electron chi connectivity index (χ0n) is 19.9. The van der Waals surface area contributed by atoms with Crippen molar-refractivity contribution in [3.63, 3.8) is 0 Å². The highest BCUT2D eigenvalue weighted by molar-refractivity contribution is 7.52. The molecular weight excluding hydrogens is 510 g/mol. The molecule has 4 rings (SSSR count). The van der Waals surface area contributed by atoms with Crippen molar-refractivity contribution in [3.8, 4) is 0 Å². The lowest BCUT2D eigenvalue weighted by molar-refractivity contribution is 0.347. The molecule has 1 aliphatic carbocycles. The minimum atomic E-state index is -4.34. The van der Waals surface area contributed by atoms with E-state index in [1.807, 2.05) is 4.90 Å². The average Bonchev–Trinajstić information content (AvgIpc) is 2.80. The van der Waals surface area contributed by atoms with Crippen molar-refractivity contribution in [3.05, 3.63) is 82.5 Å². The van der Waals surface area contributed by atoms with Gasteiger partial charge < -0.3 is 24.5 Å². The van der Waals surface area contributed by atoms with Gasteiger partial charge in [-0.25, -0.2) is 8.78 Å². The van der Waals surface area contributed by atoms with Gasteiger partial charge in [-0.15, -0.1) is 0 Å². The first-order chi connectivity index (χ1) is 16.7. The van der Waals surface area contributed by atoms with Gasteiger partial charge >= 0.3 is 15.2 Å². The third kappa shape index (κ3) is 5.57.